The van der Waals surface area contributed by atoms with Crippen molar-refractivity contribution in [1.82, 2.24) is 4.90 Å². The highest BCUT2D eigenvalue weighted by Gasteiger charge is 2.32. The first-order valence-electron chi connectivity index (χ1n) is 8.88. The van der Waals surface area contributed by atoms with Crippen LogP contribution < -0.4 is 0 Å². The number of hydrogen-bond acceptors (Lipinski definition) is 1. The molecule has 0 unspecified atom stereocenters. The van der Waals surface area contributed by atoms with E-state index in [0.29, 0.717) is 11.8 Å². The molecular weight excluding hydrogens is 258 g/mol. The number of carbonyl (C=O) groups is 1. The van der Waals surface area contributed by atoms with Gasteiger partial charge in [-0.1, -0.05) is 51.0 Å². The van der Waals surface area contributed by atoms with E-state index in [-0.39, 0.29) is 0 Å². The SMILES string of the molecule is CCCCC/C=C\CC/C=C\CN(CCC)C(=O)C1CC1. The average Bonchev–Trinajstić information content (AvgIpc) is 3.32. The molecule has 2 nitrogen and oxygen atoms in total. The standard InChI is InChI=1S/C19H33NO/c1-3-5-6-7-8-9-10-11-12-13-17-20(16-4-2)19(21)18-14-15-18/h8-9,12-13,18H,3-7,10-11,14-17H2,1-2H3/b9-8-,13-12-. The van der Waals surface area contributed by atoms with Gasteiger partial charge in [-0.25, -0.2) is 0 Å². The van der Waals surface area contributed by atoms with Crippen LogP contribution in [0.1, 0.15) is 71.6 Å². The van der Waals surface area contributed by atoms with Crippen LogP contribution in [-0.4, -0.2) is 23.9 Å². The van der Waals surface area contributed by atoms with E-state index >= 15 is 0 Å². The molecule has 0 aromatic heterocycles. The Kier molecular flexibility index (Phi) is 9.94. The van der Waals surface area contributed by atoms with Crippen molar-refractivity contribution < 1.29 is 4.79 Å². The van der Waals surface area contributed by atoms with Crippen LogP contribution in [0.5, 0.6) is 0 Å². The molecule has 0 radical (unpaired) electrons. The molecule has 0 saturated heterocycles. The van der Waals surface area contributed by atoms with E-state index in [2.05, 4.69) is 38.2 Å². The third-order valence-electron chi connectivity index (χ3n) is 3.87. The smallest absolute Gasteiger partial charge is 0.225 e. The van der Waals surface area contributed by atoms with Gasteiger partial charge in [0.05, 0.1) is 0 Å². The van der Waals surface area contributed by atoms with Gasteiger partial charge in [0.2, 0.25) is 5.91 Å². The van der Waals surface area contributed by atoms with Crippen LogP contribution in [0.2, 0.25) is 0 Å². The van der Waals surface area contributed by atoms with Gasteiger partial charge in [0.25, 0.3) is 0 Å². The summed E-state index contributed by atoms with van der Waals surface area (Å²) in [5, 5.41) is 0. The Labute approximate surface area is 131 Å². The van der Waals surface area contributed by atoms with Crippen molar-refractivity contribution >= 4 is 5.91 Å². The lowest BCUT2D eigenvalue weighted by atomic mass is 10.2. The number of carbonyl (C=O) groups excluding carboxylic acids is 1. The highest BCUT2D eigenvalue weighted by atomic mass is 16.2. The summed E-state index contributed by atoms with van der Waals surface area (Å²) in [5.74, 6) is 0.716. The molecule has 2 heteroatoms. The second kappa shape index (κ2) is 11.6. The fourth-order valence-corrected chi connectivity index (χ4v) is 2.41. The van der Waals surface area contributed by atoms with Crippen molar-refractivity contribution in [2.24, 2.45) is 5.92 Å². The Morgan fingerprint density at radius 2 is 1.62 bits per heavy atom. The molecule has 120 valence electrons. The number of nitrogens with zero attached hydrogens (tertiary/aromatic N) is 1. The van der Waals surface area contributed by atoms with E-state index in [1.54, 1.807) is 0 Å². The quantitative estimate of drug-likeness (QED) is 0.361. The van der Waals surface area contributed by atoms with Gasteiger partial charge >= 0.3 is 0 Å². The van der Waals surface area contributed by atoms with E-state index in [0.717, 1.165) is 45.2 Å². The predicted octanol–water partition coefficient (Wildman–Crippen LogP) is 5.11. The van der Waals surface area contributed by atoms with Crippen molar-refractivity contribution in [3.63, 3.8) is 0 Å². The first-order chi connectivity index (χ1) is 10.3. The Morgan fingerprint density at radius 3 is 2.24 bits per heavy atom. The normalized spacial score (nSPS) is 15.1. The van der Waals surface area contributed by atoms with E-state index in [4.69, 9.17) is 0 Å². The van der Waals surface area contributed by atoms with E-state index in [1.165, 1.54) is 25.7 Å². The van der Waals surface area contributed by atoms with Gasteiger partial charge in [0.1, 0.15) is 0 Å². The maximum Gasteiger partial charge on any atom is 0.225 e. The number of amides is 1. The Balaban J connectivity index is 2.09. The summed E-state index contributed by atoms with van der Waals surface area (Å²) >= 11 is 0. The average molecular weight is 291 g/mol. The summed E-state index contributed by atoms with van der Waals surface area (Å²) in [6.45, 7) is 6.07. The summed E-state index contributed by atoms with van der Waals surface area (Å²) in [5.41, 5.74) is 0. The lowest BCUT2D eigenvalue weighted by Crippen LogP contribution is -2.33. The van der Waals surface area contributed by atoms with Gasteiger partial charge in [0.15, 0.2) is 0 Å². The molecule has 0 heterocycles. The van der Waals surface area contributed by atoms with Crippen molar-refractivity contribution in [3.05, 3.63) is 24.3 Å². The fraction of sp³-hybridized carbons (Fsp3) is 0.737. The van der Waals surface area contributed by atoms with Crippen LogP contribution in [-0.2, 0) is 4.79 Å². The summed E-state index contributed by atoms with van der Waals surface area (Å²) < 4.78 is 0. The number of rotatable bonds is 12. The van der Waals surface area contributed by atoms with Crippen LogP contribution in [0, 0.1) is 5.92 Å². The van der Waals surface area contributed by atoms with Crippen LogP contribution in [0.3, 0.4) is 0 Å². The highest BCUT2D eigenvalue weighted by Crippen LogP contribution is 2.31. The lowest BCUT2D eigenvalue weighted by Gasteiger charge is -2.20. The van der Waals surface area contributed by atoms with Gasteiger partial charge < -0.3 is 4.90 Å². The molecule has 0 aromatic carbocycles. The van der Waals surface area contributed by atoms with Crippen LogP contribution in [0.25, 0.3) is 0 Å². The highest BCUT2D eigenvalue weighted by molar-refractivity contribution is 5.81. The molecule has 1 saturated carbocycles. The van der Waals surface area contributed by atoms with Crippen molar-refractivity contribution in [3.8, 4) is 0 Å². The topological polar surface area (TPSA) is 20.3 Å². The Bertz CT molecular complexity index is 328. The molecule has 0 bridgehead atoms. The molecule has 1 amide bonds. The zero-order valence-corrected chi connectivity index (χ0v) is 14.0. The minimum absolute atomic E-state index is 0.344. The summed E-state index contributed by atoms with van der Waals surface area (Å²) in [6, 6.07) is 0. The molecule has 0 aliphatic heterocycles. The largest absolute Gasteiger partial charge is 0.339 e. The molecule has 0 aromatic rings. The molecule has 0 spiro atoms. The number of allylic oxidation sites excluding steroid dienone is 3. The fourth-order valence-electron chi connectivity index (χ4n) is 2.41. The first kappa shape index (κ1) is 18.0. The van der Waals surface area contributed by atoms with E-state index in [9.17, 15) is 4.79 Å². The first-order valence-corrected chi connectivity index (χ1v) is 8.88. The molecular formula is C19H33NO. The number of hydrogen-bond donors (Lipinski definition) is 0. The zero-order chi connectivity index (χ0) is 15.3. The van der Waals surface area contributed by atoms with Crippen LogP contribution in [0.15, 0.2) is 24.3 Å². The molecule has 0 atom stereocenters. The Morgan fingerprint density at radius 1 is 0.952 bits per heavy atom. The van der Waals surface area contributed by atoms with Gasteiger partial charge in [-0.2, -0.15) is 0 Å². The number of unbranched alkanes of at least 4 members (excludes halogenated alkanes) is 4. The molecule has 0 N–H and O–H groups in total. The molecule has 21 heavy (non-hydrogen) atoms. The van der Waals surface area contributed by atoms with Crippen molar-refractivity contribution in [1.29, 1.82) is 0 Å². The molecule has 1 fully saturated rings. The molecule has 1 aliphatic rings. The van der Waals surface area contributed by atoms with Gasteiger partial charge in [-0.3, -0.25) is 4.79 Å². The summed E-state index contributed by atoms with van der Waals surface area (Å²) in [6.07, 6.45) is 19.6. The second-order valence-corrected chi connectivity index (χ2v) is 6.07. The predicted molar refractivity (Wildman–Crippen MR) is 91.3 cm³/mol. The molecule has 1 rings (SSSR count). The molecule has 1 aliphatic carbocycles. The maximum atomic E-state index is 12.1. The monoisotopic (exact) mass is 291 g/mol. The van der Waals surface area contributed by atoms with Gasteiger partial charge in [-0.15, -0.1) is 0 Å². The van der Waals surface area contributed by atoms with Crippen molar-refractivity contribution in [2.75, 3.05) is 13.1 Å². The third-order valence-corrected chi connectivity index (χ3v) is 3.87. The minimum Gasteiger partial charge on any atom is -0.339 e. The Hall–Kier alpha value is -1.05. The van der Waals surface area contributed by atoms with E-state index < -0.39 is 0 Å². The maximum absolute atomic E-state index is 12.1. The minimum atomic E-state index is 0.344. The van der Waals surface area contributed by atoms with Gasteiger partial charge in [0, 0.05) is 19.0 Å². The summed E-state index contributed by atoms with van der Waals surface area (Å²) in [7, 11) is 0. The van der Waals surface area contributed by atoms with Crippen LogP contribution in [0.4, 0.5) is 0 Å². The van der Waals surface area contributed by atoms with Crippen molar-refractivity contribution in [2.45, 2.75) is 71.6 Å². The van der Waals surface area contributed by atoms with Gasteiger partial charge in [-0.05, 0) is 44.9 Å². The lowest BCUT2D eigenvalue weighted by molar-refractivity contribution is -0.132. The summed E-state index contributed by atoms with van der Waals surface area (Å²) in [4.78, 5) is 14.1. The van der Waals surface area contributed by atoms with E-state index in [1.807, 2.05) is 4.90 Å². The van der Waals surface area contributed by atoms with Crippen LogP contribution >= 0.6 is 0 Å². The zero-order valence-electron chi connectivity index (χ0n) is 14.0. The third kappa shape index (κ3) is 8.75. The second-order valence-electron chi connectivity index (χ2n) is 6.07.